The Morgan fingerprint density at radius 1 is 1.15 bits per heavy atom. The summed E-state index contributed by atoms with van der Waals surface area (Å²) >= 11 is 3.21. The average Bonchev–Trinajstić information content (AvgIpc) is 2.81. The van der Waals surface area contributed by atoms with E-state index in [1.807, 2.05) is 12.1 Å². The van der Waals surface area contributed by atoms with Gasteiger partial charge in [-0.25, -0.2) is 4.39 Å². The van der Waals surface area contributed by atoms with Crippen molar-refractivity contribution in [2.75, 3.05) is 0 Å². The van der Waals surface area contributed by atoms with Gasteiger partial charge in [0.05, 0.1) is 16.0 Å². The van der Waals surface area contributed by atoms with Gasteiger partial charge in [-0.1, -0.05) is 30.3 Å². The Bertz CT molecular complexity index is 677. The van der Waals surface area contributed by atoms with Crippen LogP contribution in [-0.2, 0) is 19.3 Å². The van der Waals surface area contributed by atoms with Gasteiger partial charge in [-0.05, 0) is 64.0 Å². The van der Waals surface area contributed by atoms with Gasteiger partial charge in [-0.2, -0.15) is 5.26 Å². The van der Waals surface area contributed by atoms with Crippen LogP contribution in [-0.4, -0.2) is 0 Å². The molecule has 100 valence electrons. The van der Waals surface area contributed by atoms with Crippen molar-refractivity contribution in [3.8, 4) is 6.07 Å². The fraction of sp³-hybridized carbons (Fsp3) is 0.235. The molecule has 3 heteroatoms. The van der Waals surface area contributed by atoms with E-state index in [1.165, 1.54) is 17.2 Å². The minimum absolute atomic E-state index is 0.269. The molecule has 0 bridgehead atoms. The van der Waals surface area contributed by atoms with Gasteiger partial charge >= 0.3 is 0 Å². The molecule has 0 saturated heterocycles. The van der Waals surface area contributed by atoms with E-state index < -0.39 is 5.41 Å². The number of hydrogen-bond acceptors (Lipinski definition) is 1. The van der Waals surface area contributed by atoms with Crippen molar-refractivity contribution in [1.29, 1.82) is 5.26 Å². The van der Waals surface area contributed by atoms with Crippen molar-refractivity contribution >= 4 is 15.9 Å². The third kappa shape index (κ3) is 2.36. The van der Waals surface area contributed by atoms with Gasteiger partial charge in [0.15, 0.2) is 0 Å². The molecule has 0 unspecified atom stereocenters. The maximum Gasteiger partial charge on any atom is 0.137 e. The second kappa shape index (κ2) is 5.03. The van der Waals surface area contributed by atoms with Gasteiger partial charge in [-0.3, -0.25) is 0 Å². The molecule has 0 heterocycles. The number of nitrogens with zero attached hydrogens (tertiary/aromatic N) is 1. The molecule has 1 nitrogen and oxygen atoms in total. The first-order valence-electron chi connectivity index (χ1n) is 6.54. The molecule has 1 aliphatic rings. The number of fused-ring (bicyclic) bond motifs is 1. The van der Waals surface area contributed by atoms with E-state index in [0.29, 0.717) is 10.9 Å². The Hall–Kier alpha value is -1.66. The zero-order chi connectivity index (χ0) is 14.2. The smallest absolute Gasteiger partial charge is 0.137 e. The third-order valence-electron chi connectivity index (χ3n) is 3.94. The van der Waals surface area contributed by atoms with Gasteiger partial charge < -0.3 is 0 Å². The van der Waals surface area contributed by atoms with Gasteiger partial charge in [0.2, 0.25) is 0 Å². The molecule has 2 aromatic rings. The van der Waals surface area contributed by atoms with Crippen LogP contribution in [0.3, 0.4) is 0 Å². The first-order chi connectivity index (χ1) is 9.62. The van der Waals surface area contributed by atoms with Crippen LogP contribution in [0.15, 0.2) is 46.9 Å². The van der Waals surface area contributed by atoms with E-state index >= 15 is 0 Å². The molecule has 1 aliphatic carbocycles. The lowest BCUT2D eigenvalue weighted by Gasteiger charge is -2.20. The Kier molecular flexibility index (Phi) is 3.35. The van der Waals surface area contributed by atoms with Crippen molar-refractivity contribution in [1.82, 2.24) is 0 Å². The molecule has 0 radical (unpaired) electrons. The van der Waals surface area contributed by atoms with Crippen LogP contribution in [0, 0.1) is 22.6 Å². The molecule has 0 aromatic heterocycles. The SMILES string of the molecule is N#CC1(Cc2ccc(F)c(Br)c2)Cc2ccccc2C1. The molecule has 0 saturated carbocycles. The van der Waals surface area contributed by atoms with Crippen LogP contribution in [0.25, 0.3) is 0 Å². The molecule has 2 aromatic carbocycles. The summed E-state index contributed by atoms with van der Waals surface area (Å²) in [4.78, 5) is 0. The molecular weight excluding hydrogens is 317 g/mol. The predicted octanol–water partition coefficient (Wildman–Crippen LogP) is 4.44. The Morgan fingerprint density at radius 2 is 1.80 bits per heavy atom. The summed E-state index contributed by atoms with van der Waals surface area (Å²) in [6.07, 6.45) is 2.19. The zero-order valence-corrected chi connectivity index (χ0v) is 12.5. The summed E-state index contributed by atoms with van der Waals surface area (Å²) in [5, 5.41) is 9.64. The second-order valence-corrected chi connectivity index (χ2v) is 6.29. The second-order valence-electron chi connectivity index (χ2n) is 5.44. The largest absolute Gasteiger partial charge is 0.206 e. The summed E-state index contributed by atoms with van der Waals surface area (Å²) in [5.41, 5.74) is 3.11. The fourth-order valence-corrected chi connectivity index (χ4v) is 3.40. The Balaban J connectivity index is 1.89. The van der Waals surface area contributed by atoms with Crippen LogP contribution in [0.1, 0.15) is 16.7 Å². The van der Waals surface area contributed by atoms with Gasteiger partial charge in [0.1, 0.15) is 5.82 Å². The maximum absolute atomic E-state index is 13.3. The zero-order valence-electron chi connectivity index (χ0n) is 10.9. The van der Waals surface area contributed by atoms with Crippen molar-refractivity contribution in [3.63, 3.8) is 0 Å². The van der Waals surface area contributed by atoms with Crippen molar-refractivity contribution in [2.24, 2.45) is 5.41 Å². The highest BCUT2D eigenvalue weighted by Gasteiger charge is 2.37. The normalized spacial score (nSPS) is 15.7. The highest BCUT2D eigenvalue weighted by molar-refractivity contribution is 9.10. The van der Waals surface area contributed by atoms with Crippen LogP contribution < -0.4 is 0 Å². The van der Waals surface area contributed by atoms with E-state index in [9.17, 15) is 9.65 Å². The van der Waals surface area contributed by atoms with E-state index in [-0.39, 0.29) is 5.82 Å². The lowest BCUT2D eigenvalue weighted by molar-refractivity contribution is 0.418. The topological polar surface area (TPSA) is 23.8 Å². The standard InChI is InChI=1S/C17H13BrFN/c18-15-7-12(5-6-16(15)19)8-17(11-20)9-13-3-1-2-4-14(13)10-17/h1-7H,8-10H2. The summed E-state index contributed by atoms with van der Waals surface area (Å²) < 4.78 is 13.7. The summed E-state index contributed by atoms with van der Waals surface area (Å²) in [5.74, 6) is -0.269. The van der Waals surface area contributed by atoms with E-state index in [2.05, 4.69) is 34.1 Å². The lowest BCUT2D eigenvalue weighted by atomic mass is 9.80. The van der Waals surface area contributed by atoms with Gasteiger partial charge in [0, 0.05) is 0 Å². The third-order valence-corrected chi connectivity index (χ3v) is 4.55. The lowest BCUT2D eigenvalue weighted by Crippen LogP contribution is -2.22. The number of rotatable bonds is 2. The summed E-state index contributed by atoms with van der Waals surface area (Å²) in [6, 6.07) is 15.7. The number of halogens is 2. The summed E-state index contributed by atoms with van der Waals surface area (Å²) in [6.45, 7) is 0. The maximum atomic E-state index is 13.3. The van der Waals surface area contributed by atoms with Crippen LogP contribution in [0.5, 0.6) is 0 Å². The first kappa shape index (κ1) is 13.3. The van der Waals surface area contributed by atoms with Crippen LogP contribution >= 0.6 is 15.9 Å². The minimum Gasteiger partial charge on any atom is -0.206 e. The quantitative estimate of drug-likeness (QED) is 0.799. The first-order valence-corrected chi connectivity index (χ1v) is 7.33. The molecule has 0 N–H and O–H groups in total. The number of hydrogen-bond donors (Lipinski definition) is 0. The number of nitriles is 1. The Morgan fingerprint density at radius 3 is 2.35 bits per heavy atom. The molecular formula is C17H13BrFN. The number of benzene rings is 2. The van der Waals surface area contributed by atoms with E-state index in [0.717, 1.165) is 18.4 Å². The highest BCUT2D eigenvalue weighted by atomic mass is 79.9. The van der Waals surface area contributed by atoms with Gasteiger partial charge in [-0.15, -0.1) is 0 Å². The molecule has 0 fully saturated rings. The average molecular weight is 330 g/mol. The minimum atomic E-state index is -0.402. The molecule has 20 heavy (non-hydrogen) atoms. The van der Waals surface area contributed by atoms with Gasteiger partial charge in [0.25, 0.3) is 0 Å². The molecule has 3 rings (SSSR count). The van der Waals surface area contributed by atoms with Crippen molar-refractivity contribution in [3.05, 3.63) is 69.4 Å². The van der Waals surface area contributed by atoms with Crippen LogP contribution in [0.4, 0.5) is 4.39 Å². The monoisotopic (exact) mass is 329 g/mol. The molecule has 0 amide bonds. The molecule has 0 aliphatic heterocycles. The van der Waals surface area contributed by atoms with Crippen molar-refractivity contribution in [2.45, 2.75) is 19.3 Å². The fourth-order valence-electron chi connectivity index (χ4n) is 2.98. The van der Waals surface area contributed by atoms with E-state index in [4.69, 9.17) is 0 Å². The van der Waals surface area contributed by atoms with Crippen LogP contribution in [0.2, 0.25) is 0 Å². The summed E-state index contributed by atoms with van der Waals surface area (Å²) in [7, 11) is 0. The predicted molar refractivity (Wildman–Crippen MR) is 79.7 cm³/mol. The molecule has 0 atom stereocenters. The van der Waals surface area contributed by atoms with E-state index in [1.54, 1.807) is 12.1 Å². The molecule has 0 spiro atoms. The Labute approximate surface area is 126 Å². The van der Waals surface area contributed by atoms with Crippen molar-refractivity contribution < 1.29 is 4.39 Å². The highest BCUT2D eigenvalue weighted by Crippen LogP contribution is 2.39.